The minimum absolute atomic E-state index is 0.0366. The van der Waals surface area contributed by atoms with Crippen LogP contribution in [0, 0.1) is 6.92 Å². The molecule has 0 unspecified atom stereocenters. The van der Waals surface area contributed by atoms with E-state index in [4.69, 9.17) is 4.74 Å². The third kappa shape index (κ3) is 4.85. The molecule has 0 aliphatic heterocycles. The van der Waals surface area contributed by atoms with Gasteiger partial charge in [0.2, 0.25) is 0 Å². The van der Waals surface area contributed by atoms with Crippen LogP contribution in [0.3, 0.4) is 0 Å². The van der Waals surface area contributed by atoms with E-state index in [-0.39, 0.29) is 18.5 Å². The van der Waals surface area contributed by atoms with Gasteiger partial charge in [0.1, 0.15) is 5.75 Å². The summed E-state index contributed by atoms with van der Waals surface area (Å²) in [6, 6.07) is 14.4. The van der Waals surface area contributed by atoms with Crippen LogP contribution in [0.2, 0.25) is 0 Å². The molecule has 0 atom stereocenters. The van der Waals surface area contributed by atoms with Crippen molar-refractivity contribution < 1.29 is 19.1 Å². The zero-order valence-electron chi connectivity index (χ0n) is 13.2. The molecule has 5 heteroatoms. The highest BCUT2D eigenvalue weighted by atomic mass is 16.5. The highest BCUT2D eigenvalue weighted by molar-refractivity contribution is 5.89. The van der Waals surface area contributed by atoms with Crippen LogP contribution in [0.1, 0.15) is 21.5 Å². The molecule has 1 amide bonds. The number of nitrogens with one attached hydrogen (secondary N) is 1. The van der Waals surface area contributed by atoms with Crippen molar-refractivity contribution in [1.82, 2.24) is 5.32 Å². The minimum atomic E-state index is -0.382. The Labute approximate surface area is 135 Å². The fourth-order valence-electron chi connectivity index (χ4n) is 1.99. The average Bonchev–Trinajstić information content (AvgIpc) is 2.59. The molecule has 0 fully saturated rings. The van der Waals surface area contributed by atoms with E-state index in [0.717, 1.165) is 11.1 Å². The largest absolute Gasteiger partial charge is 0.484 e. The maximum absolute atomic E-state index is 11.8. The summed E-state index contributed by atoms with van der Waals surface area (Å²) in [6.45, 7) is 2.26. The predicted molar refractivity (Wildman–Crippen MR) is 86.3 cm³/mol. The van der Waals surface area contributed by atoms with Gasteiger partial charge in [-0.1, -0.05) is 30.3 Å². The van der Waals surface area contributed by atoms with E-state index < -0.39 is 0 Å². The second-order valence-electron chi connectivity index (χ2n) is 5.02. The molecular weight excluding hydrogens is 294 g/mol. The number of esters is 1. The Balaban J connectivity index is 1.80. The number of benzene rings is 2. The van der Waals surface area contributed by atoms with Gasteiger partial charge in [-0.05, 0) is 36.2 Å². The first-order chi connectivity index (χ1) is 11.1. The number of hydrogen-bond acceptors (Lipinski definition) is 4. The molecule has 0 bridgehead atoms. The van der Waals surface area contributed by atoms with Crippen molar-refractivity contribution in [3.63, 3.8) is 0 Å². The van der Waals surface area contributed by atoms with Crippen LogP contribution in [0.25, 0.3) is 0 Å². The van der Waals surface area contributed by atoms with Crippen LogP contribution >= 0.6 is 0 Å². The Morgan fingerprint density at radius 1 is 1.04 bits per heavy atom. The summed E-state index contributed by atoms with van der Waals surface area (Å²) in [7, 11) is 1.34. The number of methoxy groups -OCH3 is 1. The molecule has 2 rings (SSSR count). The summed E-state index contributed by atoms with van der Waals surface area (Å²) in [5.41, 5.74) is 2.35. The van der Waals surface area contributed by atoms with Gasteiger partial charge in [0.25, 0.3) is 5.91 Å². The molecule has 0 heterocycles. The zero-order valence-corrected chi connectivity index (χ0v) is 13.2. The first-order valence-corrected chi connectivity index (χ1v) is 7.22. The van der Waals surface area contributed by atoms with Crippen LogP contribution in [0.4, 0.5) is 0 Å². The van der Waals surface area contributed by atoms with Crippen molar-refractivity contribution in [3.05, 3.63) is 65.2 Å². The van der Waals surface area contributed by atoms with Gasteiger partial charge in [-0.3, -0.25) is 4.79 Å². The number of ether oxygens (including phenoxy) is 2. The Bertz CT molecular complexity index is 680. The number of carbonyl (C=O) groups excluding carboxylic acids is 2. The summed E-state index contributed by atoms with van der Waals surface area (Å²) < 4.78 is 10.1. The first kappa shape index (κ1) is 16.5. The van der Waals surface area contributed by atoms with Gasteiger partial charge in [-0.2, -0.15) is 0 Å². The van der Waals surface area contributed by atoms with Gasteiger partial charge in [0.05, 0.1) is 12.7 Å². The predicted octanol–water partition coefficient (Wildman–Crippen LogP) is 2.48. The van der Waals surface area contributed by atoms with Crippen molar-refractivity contribution in [2.75, 3.05) is 13.7 Å². The normalized spacial score (nSPS) is 10.0. The van der Waals surface area contributed by atoms with Crippen molar-refractivity contribution >= 4 is 11.9 Å². The van der Waals surface area contributed by atoms with Gasteiger partial charge >= 0.3 is 5.97 Å². The number of rotatable bonds is 6. The standard InChI is InChI=1S/C18H19NO4/c1-13-5-3-4-6-16(13)23-12-17(20)19-11-14-7-9-15(10-8-14)18(21)22-2/h3-10H,11-12H2,1-2H3,(H,19,20). The molecule has 120 valence electrons. The lowest BCUT2D eigenvalue weighted by atomic mass is 10.1. The average molecular weight is 313 g/mol. The summed E-state index contributed by atoms with van der Waals surface area (Å²) in [5.74, 6) is 0.114. The van der Waals surface area contributed by atoms with Crippen molar-refractivity contribution in [1.29, 1.82) is 0 Å². The van der Waals surface area contributed by atoms with E-state index in [1.165, 1.54) is 7.11 Å². The van der Waals surface area contributed by atoms with E-state index in [2.05, 4.69) is 10.1 Å². The molecule has 0 saturated carbocycles. The fourth-order valence-corrected chi connectivity index (χ4v) is 1.99. The first-order valence-electron chi connectivity index (χ1n) is 7.22. The van der Waals surface area contributed by atoms with E-state index in [0.29, 0.717) is 17.9 Å². The van der Waals surface area contributed by atoms with Crippen LogP contribution in [-0.2, 0) is 16.1 Å². The van der Waals surface area contributed by atoms with Gasteiger partial charge < -0.3 is 14.8 Å². The molecule has 1 N–H and O–H groups in total. The van der Waals surface area contributed by atoms with Gasteiger partial charge in [0.15, 0.2) is 6.61 Å². The Morgan fingerprint density at radius 3 is 2.39 bits per heavy atom. The summed E-state index contributed by atoms with van der Waals surface area (Å²) in [4.78, 5) is 23.1. The molecule has 2 aromatic rings. The van der Waals surface area contributed by atoms with Crippen molar-refractivity contribution in [3.8, 4) is 5.75 Å². The summed E-state index contributed by atoms with van der Waals surface area (Å²) in [6.07, 6.45) is 0. The van der Waals surface area contributed by atoms with Crippen LogP contribution < -0.4 is 10.1 Å². The molecule has 0 aromatic heterocycles. The van der Waals surface area contributed by atoms with Crippen LogP contribution in [0.5, 0.6) is 5.75 Å². The van der Waals surface area contributed by atoms with E-state index in [1.807, 2.05) is 31.2 Å². The second kappa shape index (κ2) is 7.98. The Kier molecular flexibility index (Phi) is 5.74. The third-order valence-corrected chi connectivity index (χ3v) is 3.32. The third-order valence-electron chi connectivity index (χ3n) is 3.32. The van der Waals surface area contributed by atoms with E-state index in [9.17, 15) is 9.59 Å². The number of aryl methyl sites for hydroxylation is 1. The SMILES string of the molecule is COC(=O)c1ccc(CNC(=O)COc2ccccc2C)cc1. The lowest BCUT2D eigenvalue weighted by Gasteiger charge is -2.09. The second-order valence-corrected chi connectivity index (χ2v) is 5.02. The molecule has 23 heavy (non-hydrogen) atoms. The Hall–Kier alpha value is -2.82. The molecule has 0 radical (unpaired) electrons. The van der Waals surface area contributed by atoms with E-state index >= 15 is 0 Å². The molecule has 5 nitrogen and oxygen atoms in total. The maximum Gasteiger partial charge on any atom is 0.337 e. The molecule has 0 saturated heterocycles. The molecule has 2 aromatic carbocycles. The molecular formula is C18H19NO4. The number of para-hydroxylation sites is 1. The highest BCUT2D eigenvalue weighted by Gasteiger charge is 2.06. The van der Waals surface area contributed by atoms with Gasteiger partial charge in [0, 0.05) is 6.54 Å². The number of carbonyl (C=O) groups is 2. The lowest BCUT2D eigenvalue weighted by molar-refractivity contribution is -0.123. The highest BCUT2D eigenvalue weighted by Crippen LogP contribution is 2.15. The monoisotopic (exact) mass is 313 g/mol. The van der Waals surface area contributed by atoms with Gasteiger partial charge in [-0.15, -0.1) is 0 Å². The quantitative estimate of drug-likeness (QED) is 0.832. The summed E-state index contributed by atoms with van der Waals surface area (Å²) >= 11 is 0. The topological polar surface area (TPSA) is 64.6 Å². The van der Waals surface area contributed by atoms with Crippen LogP contribution in [-0.4, -0.2) is 25.6 Å². The smallest absolute Gasteiger partial charge is 0.337 e. The number of amides is 1. The molecule has 0 aliphatic carbocycles. The van der Waals surface area contributed by atoms with Crippen LogP contribution in [0.15, 0.2) is 48.5 Å². The van der Waals surface area contributed by atoms with Gasteiger partial charge in [-0.25, -0.2) is 4.79 Å². The van der Waals surface area contributed by atoms with Crippen molar-refractivity contribution in [2.24, 2.45) is 0 Å². The molecule has 0 spiro atoms. The zero-order chi connectivity index (χ0) is 16.7. The maximum atomic E-state index is 11.8. The fraction of sp³-hybridized carbons (Fsp3) is 0.222. The number of hydrogen-bond donors (Lipinski definition) is 1. The summed E-state index contributed by atoms with van der Waals surface area (Å²) in [5, 5.41) is 2.77. The Morgan fingerprint density at radius 2 is 1.74 bits per heavy atom. The van der Waals surface area contributed by atoms with E-state index in [1.54, 1.807) is 24.3 Å². The van der Waals surface area contributed by atoms with Crippen molar-refractivity contribution in [2.45, 2.75) is 13.5 Å². The lowest BCUT2D eigenvalue weighted by Crippen LogP contribution is -2.28. The minimum Gasteiger partial charge on any atom is -0.484 e. The molecule has 0 aliphatic rings.